The number of aromatic nitrogens is 1. The smallest absolute Gasteiger partial charge is 0.280 e. The molecule has 0 bridgehead atoms. The highest BCUT2D eigenvalue weighted by molar-refractivity contribution is 6.32. The highest BCUT2D eigenvalue weighted by atomic mass is 35.5. The third kappa shape index (κ3) is 1.84. The van der Waals surface area contributed by atoms with E-state index in [-0.39, 0.29) is 5.02 Å². The number of halogens is 3. The first-order valence-electron chi connectivity index (χ1n) is 3.14. The molecule has 0 unspecified atom stereocenters. The van der Waals surface area contributed by atoms with Gasteiger partial charge in [-0.15, -0.1) is 0 Å². The van der Waals surface area contributed by atoms with E-state index < -0.39 is 23.6 Å². The van der Waals surface area contributed by atoms with Crippen LogP contribution in [0.5, 0.6) is 5.75 Å². The molecule has 1 aromatic heterocycles. The van der Waals surface area contributed by atoms with Gasteiger partial charge in [0.1, 0.15) is 11.8 Å². The van der Waals surface area contributed by atoms with Crippen LogP contribution in [0.1, 0.15) is 17.8 Å². The van der Waals surface area contributed by atoms with Crippen LogP contribution in [0.25, 0.3) is 0 Å². The van der Waals surface area contributed by atoms with Gasteiger partial charge in [-0.2, -0.15) is 5.26 Å². The Kier molecular flexibility index (Phi) is 2.63. The summed E-state index contributed by atoms with van der Waals surface area (Å²) in [4.78, 5) is 3.21. The average molecular weight is 205 g/mol. The Morgan fingerprint density at radius 2 is 2.23 bits per heavy atom. The van der Waals surface area contributed by atoms with Crippen molar-refractivity contribution in [1.82, 2.24) is 4.98 Å². The second-order valence-electron chi connectivity index (χ2n) is 2.14. The molecule has 3 nitrogen and oxygen atoms in total. The van der Waals surface area contributed by atoms with Crippen LogP contribution in [0.4, 0.5) is 8.78 Å². The van der Waals surface area contributed by atoms with E-state index in [4.69, 9.17) is 22.0 Å². The minimum atomic E-state index is -2.81. The number of hydrogen-bond donors (Lipinski definition) is 1. The van der Waals surface area contributed by atoms with Crippen molar-refractivity contribution in [3.8, 4) is 11.8 Å². The lowest BCUT2D eigenvalue weighted by molar-refractivity contribution is 0.146. The zero-order valence-corrected chi connectivity index (χ0v) is 6.89. The summed E-state index contributed by atoms with van der Waals surface area (Å²) in [5, 5.41) is 17.1. The molecule has 1 heterocycles. The Labute approximate surface area is 77.2 Å². The number of aromatic hydroxyl groups is 1. The lowest BCUT2D eigenvalue weighted by Gasteiger charge is -2.02. The molecular formula is C7H3ClF2N2O. The van der Waals surface area contributed by atoms with E-state index in [1.165, 1.54) is 6.07 Å². The zero-order valence-electron chi connectivity index (χ0n) is 6.13. The van der Waals surface area contributed by atoms with E-state index in [1.54, 1.807) is 0 Å². The molecule has 0 fully saturated rings. The quantitative estimate of drug-likeness (QED) is 0.763. The number of rotatable bonds is 1. The minimum absolute atomic E-state index is 0.304. The van der Waals surface area contributed by atoms with Crippen molar-refractivity contribution in [3.05, 3.63) is 22.5 Å². The summed E-state index contributed by atoms with van der Waals surface area (Å²) in [6.45, 7) is 0. The number of nitrogens with zero attached hydrogens (tertiary/aromatic N) is 2. The summed E-state index contributed by atoms with van der Waals surface area (Å²) < 4.78 is 24.2. The standard InChI is InChI=1S/C7H3ClF2N2O/c8-3-1-4(7(9)10)12-5(2-11)6(3)13/h1,7,13H. The molecule has 0 aromatic carbocycles. The fourth-order valence-electron chi connectivity index (χ4n) is 0.715. The number of pyridine rings is 1. The first kappa shape index (κ1) is 9.68. The van der Waals surface area contributed by atoms with Crippen LogP contribution in [-0.4, -0.2) is 10.1 Å². The van der Waals surface area contributed by atoms with Crippen molar-refractivity contribution in [1.29, 1.82) is 5.26 Å². The maximum absolute atomic E-state index is 12.1. The molecule has 1 aromatic rings. The van der Waals surface area contributed by atoms with Gasteiger partial charge in [0.2, 0.25) is 0 Å². The van der Waals surface area contributed by atoms with Gasteiger partial charge >= 0.3 is 0 Å². The van der Waals surface area contributed by atoms with Crippen molar-refractivity contribution >= 4 is 11.6 Å². The van der Waals surface area contributed by atoms with Crippen molar-refractivity contribution in [2.45, 2.75) is 6.43 Å². The third-order valence-corrected chi connectivity index (χ3v) is 1.58. The summed E-state index contributed by atoms with van der Waals surface area (Å²) >= 11 is 5.37. The summed E-state index contributed by atoms with van der Waals surface area (Å²) in [6.07, 6.45) is -2.81. The van der Waals surface area contributed by atoms with Gasteiger partial charge in [-0.25, -0.2) is 13.8 Å². The molecule has 68 valence electrons. The highest BCUT2D eigenvalue weighted by Gasteiger charge is 2.15. The third-order valence-electron chi connectivity index (χ3n) is 1.30. The summed E-state index contributed by atoms with van der Waals surface area (Å²) in [6, 6.07) is 2.27. The molecule has 0 aliphatic carbocycles. The molecule has 0 radical (unpaired) electrons. The van der Waals surface area contributed by atoms with Crippen LogP contribution in [0.2, 0.25) is 5.02 Å². The molecule has 1 N–H and O–H groups in total. The summed E-state index contributed by atoms with van der Waals surface area (Å²) in [7, 11) is 0. The zero-order chi connectivity index (χ0) is 10.0. The molecule has 6 heteroatoms. The first-order valence-corrected chi connectivity index (χ1v) is 3.51. The van der Waals surface area contributed by atoms with Gasteiger partial charge in [-0.3, -0.25) is 0 Å². The Morgan fingerprint density at radius 1 is 1.62 bits per heavy atom. The van der Waals surface area contributed by atoms with Crippen molar-refractivity contribution < 1.29 is 13.9 Å². The van der Waals surface area contributed by atoms with Crippen molar-refractivity contribution in [3.63, 3.8) is 0 Å². The second-order valence-corrected chi connectivity index (χ2v) is 2.55. The van der Waals surface area contributed by atoms with Gasteiger partial charge in [-0.1, -0.05) is 11.6 Å². The molecule has 0 spiro atoms. The molecule has 0 aliphatic heterocycles. The number of nitriles is 1. The van der Waals surface area contributed by atoms with Crippen LogP contribution < -0.4 is 0 Å². The number of hydrogen-bond acceptors (Lipinski definition) is 3. The van der Waals surface area contributed by atoms with Crippen LogP contribution in [0.15, 0.2) is 6.07 Å². The van der Waals surface area contributed by atoms with Gasteiger partial charge in [0.15, 0.2) is 11.4 Å². The maximum atomic E-state index is 12.1. The van der Waals surface area contributed by atoms with E-state index in [0.717, 1.165) is 6.07 Å². The van der Waals surface area contributed by atoms with Crippen LogP contribution in [-0.2, 0) is 0 Å². The SMILES string of the molecule is N#Cc1nc(C(F)F)cc(Cl)c1O. The molecular weight excluding hydrogens is 202 g/mol. The van der Waals surface area contributed by atoms with Crippen LogP contribution in [0, 0.1) is 11.3 Å². The van der Waals surface area contributed by atoms with E-state index in [2.05, 4.69) is 4.98 Å². The van der Waals surface area contributed by atoms with Crippen molar-refractivity contribution in [2.24, 2.45) is 0 Å². The van der Waals surface area contributed by atoms with Gasteiger partial charge in [0, 0.05) is 0 Å². The molecule has 0 saturated heterocycles. The second kappa shape index (κ2) is 3.54. The lowest BCUT2D eigenvalue weighted by Crippen LogP contribution is -1.94. The number of alkyl halides is 2. The van der Waals surface area contributed by atoms with E-state index in [1.807, 2.05) is 0 Å². The molecule has 0 saturated carbocycles. The van der Waals surface area contributed by atoms with Gasteiger partial charge in [-0.05, 0) is 6.07 Å². The van der Waals surface area contributed by atoms with Gasteiger partial charge < -0.3 is 5.11 Å². The molecule has 0 atom stereocenters. The Hall–Kier alpha value is -1.41. The summed E-state index contributed by atoms with van der Waals surface area (Å²) in [5.41, 5.74) is -1.12. The Morgan fingerprint density at radius 3 is 2.69 bits per heavy atom. The van der Waals surface area contributed by atoms with Crippen LogP contribution >= 0.6 is 11.6 Å². The van der Waals surface area contributed by atoms with E-state index in [9.17, 15) is 8.78 Å². The maximum Gasteiger partial charge on any atom is 0.280 e. The van der Waals surface area contributed by atoms with Crippen molar-refractivity contribution in [2.75, 3.05) is 0 Å². The topological polar surface area (TPSA) is 56.9 Å². The van der Waals surface area contributed by atoms with Gasteiger partial charge in [0.05, 0.1) is 5.02 Å². The van der Waals surface area contributed by atoms with E-state index in [0.29, 0.717) is 0 Å². The monoisotopic (exact) mass is 204 g/mol. The summed E-state index contributed by atoms with van der Waals surface area (Å²) in [5.74, 6) is -0.575. The highest BCUT2D eigenvalue weighted by Crippen LogP contribution is 2.29. The minimum Gasteiger partial charge on any atom is -0.504 e. The van der Waals surface area contributed by atoms with Gasteiger partial charge in [0.25, 0.3) is 6.43 Å². The largest absolute Gasteiger partial charge is 0.504 e. The molecule has 1 rings (SSSR count). The van der Waals surface area contributed by atoms with Crippen LogP contribution in [0.3, 0.4) is 0 Å². The normalized spacial score (nSPS) is 10.1. The fraction of sp³-hybridized carbons (Fsp3) is 0.143. The van der Waals surface area contributed by atoms with E-state index >= 15 is 0 Å². The average Bonchev–Trinajstić information content (AvgIpc) is 2.09. The molecule has 13 heavy (non-hydrogen) atoms. The lowest BCUT2D eigenvalue weighted by atomic mass is 10.3. The molecule has 0 aliphatic rings. The molecule has 0 amide bonds. The predicted molar refractivity (Wildman–Crippen MR) is 40.6 cm³/mol. The Balaban J connectivity index is 3.32. The predicted octanol–water partition coefficient (Wildman–Crippen LogP) is 2.25. The first-order chi connectivity index (χ1) is 6.06. The Bertz CT molecular complexity index is 375. The fourth-order valence-corrected chi connectivity index (χ4v) is 0.917.